The van der Waals surface area contributed by atoms with Crippen molar-refractivity contribution in [1.82, 2.24) is 9.88 Å². The SMILES string of the molecule is CN(CCC(=O)O)C(=O)c1ccc(Cl)nc1. The largest absolute Gasteiger partial charge is 0.481 e. The third-order valence-corrected chi connectivity index (χ3v) is 2.21. The molecule has 1 amide bonds. The molecule has 5 nitrogen and oxygen atoms in total. The van der Waals surface area contributed by atoms with Crippen LogP contribution < -0.4 is 0 Å². The highest BCUT2D eigenvalue weighted by molar-refractivity contribution is 6.29. The zero-order valence-corrected chi connectivity index (χ0v) is 9.44. The summed E-state index contributed by atoms with van der Waals surface area (Å²) in [5.74, 6) is -1.21. The van der Waals surface area contributed by atoms with Crippen LogP contribution in [0.2, 0.25) is 5.15 Å². The topological polar surface area (TPSA) is 70.5 Å². The molecule has 0 atom stereocenters. The Morgan fingerprint density at radius 1 is 1.50 bits per heavy atom. The van der Waals surface area contributed by atoms with Crippen LogP contribution in [0.1, 0.15) is 16.8 Å². The Kier molecular flexibility index (Phi) is 4.25. The maximum Gasteiger partial charge on any atom is 0.305 e. The van der Waals surface area contributed by atoms with Gasteiger partial charge in [-0.1, -0.05) is 11.6 Å². The Morgan fingerprint density at radius 2 is 2.19 bits per heavy atom. The molecule has 0 radical (unpaired) electrons. The quantitative estimate of drug-likeness (QED) is 0.808. The van der Waals surface area contributed by atoms with Crippen LogP contribution >= 0.6 is 11.6 Å². The highest BCUT2D eigenvalue weighted by atomic mass is 35.5. The van der Waals surface area contributed by atoms with Crippen LogP contribution in [0.4, 0.5) is 0 Å². The Bertz CT molecular complexity index is 392. The summed E-state index contributed by atoms with van der Waals surface area (Å²) in [4.78, 5) is 27.2. The van der Waals surface area contributed by atoms with Crippen LogP contribution in [0.5, 0.6) is 0 Å². The molecule has 0 fully saturated rings. The average Bonchev–Trinajstić information content (AvgIpc) is 2.26. The fourth-order valence-electron chi connectivity index (χ4n) is 1.09. The van der Waals surface area contributed by atoms with E-state index >= 15 is 0 Å². The van der Waals surface area contributed by atoms with E-state index in [0.29, 0.717) is 10.7 Å². The number of carboxylic acid groups (broad SMARTS) is 1. The summed E-state index contributed by atoms with van der Waals surface area (Å²) < 4.78 is 0. The van der Waals surface area contributed by atoms with Gasteiger partial charge in [0.2, 0.25) is 0 Å². The number of nitrogens with zero attached hydrogens (tertiary/aromatic N) is 2. The average molecular weight is 243 g/mol. The first-order chi connectivity index (χ1) is 7.50. The second kappa shape index (κ2) is 5.46. The first kappa shape index (κ1) is 12.4. The van der Waals surface area contributed by atoms with Gasteiger partial charge in [-0.2, -0.15) is 0 Å². The van der Waals surface area contributed by atoms with Crippen LogP contribution in [0.25, 0.3) is 0 Å². The molecular weight excluding hydrogens is 232 g/mol. The zero-order valence-electron chi connectivity index (χ0n) is 8.68. The number of hydrogen-bond donors (Lipinski definition) is 1. The minimum atomic E-state index is -0.936. The van der Waals surface area contributed by atoms with Gasteiger partial charge in [-0.15, -0.1) is 0 Å². The molecule has 0 aliphatic carbocycles. The number of carbonyl (C=O) groups is 2. The second-order valence-corrected chi connectivity index (χ2v) is 3.63. The molecule has 0 unspecified atom stereocenters. The smallest absolute Gasteiger partial charge is 0.305 e. The van der Waals surface area contributed by atoms with E-state index in [2.05, 4.69) is 4.98 Å². The maximum atomic E-state index is 11.7. The molecule has 0 aromatic carbocycles. The molecule has 0 spiro atoms. The van der Waals surface area contributed by atoms with Crippen molar-refractivity contribution in [3.63, 3.8) is 0 Å². The number of halogens is 1. The van der Waals surface area contributed by atoms with Gasteiger partial charge in [0.25, 0.3) is 5.91 Å². The highest BCUT2D eigenvalue weighted by Crippen LogP contribution is 2.07. The van der Waals surface area contributed by atoms with Crippen molar-refractivity contribution in [2.45, 2.75) is 6.42 Å². The van der Waals surface area contributed by atoms with Gasteiger partial charge < -0.3 is 10.0 Å². The van der Waals surface area contributed by atoms with Gasteiger partial charge in [-0.25, -0.2) is 4.98 Å². The van der Waals surface area contributed by atoms with Gasteiger partial charge in [-0.3, -0.25) is 9.59 Å². The predicted molar refractivity (Wildman–Crippen MR) is 58.5 cm³/mol. The summed E-state index contributed by atoms with van der Waals surface area (Å²) in [6, 6.07) is 3.06. The van der Waals surface area contributed by atoms with Crippen molar-refractivity contribution in [3.8, 4) is 0 Å². The highest BCUT2D eigenvalue weighted by Gasteiger charge is 2.12. The van der Waals surface area contributed by atoms with E-state index < -0.39 is 5.97 Å². The fourth-order valence-corrected chi connectivity index (χ4v) is 1.20. The van der Waals surface area contributed by atoms with Crippen molar-refractivity contribution >= 4 is 23.5 Å². The first-order valence-electron chi connectivity index (χ1n) is 4.59. The number of aromatic nitrogens is 1. The van der Waals surface area contributed by atoms with Gasteiger partial charge >= 0.3 is 5.97 Å². The molecule has 0 aliphatic rings. The molecule has 1 heterocycles. The minimum Gasteiger partial charge on any atom is -0.481 e. The van der Waals surface area contributed by atoms with Crippen molar-refractivity contribution in [1.29, 1.82) is 0 Å². The van der Waals surface area contributed by atoms with Gasteiger partial charge in [0.05, 0.1) is 12.0 Å². The van der Waals surface area contributed by atoms with Crippen molar-refractivity contribution in [3.05, 3.63) is 29.0 Å². The second-order valence-electron chi connectivity index (χ2n) is 3.24. The van der Waals surface area contributed by atoms with Crippen LogP contribution in [-0.4, -0.2) is 40.5 Å². The van der Waals surface area contributed by atoms with Gasteiger partial charge in [0.15, 0.2) is 0 Å². The normalized spacial score (nSPS) is 9.88. The molecule has 1 N–H and O–H groups in total. The Balaban J connectivity index is 2.63. The van der Waals surface area contributed by atoms with E-state index in [4.69, 9.17) is 16.7 Å². The maximum absolute atomic E-state index is 11.7. The third kappa shape index (κ3) is 3.51. The number of hydrogen-bond acceptors (Lipinski definition) is 3. The summed E-state index contributed by atoms with van der Waals surface area (Å²) in [6.45, 7) is 0.163. The molecule has 6 heteroatoms. The molecule has 0 saturated carbocycles. The lowest BCUT2D eigenvalue weighted by atomic mass is 10.2. The first-order valence-corrected chi connectivity index (χ1v) is 4.97. The molecule has 1 aromatic rings. The van der Waals surface area contributed by atoms with E-state index in [9.17, 15) is 9.59 Å². The number of rotatable bonds is 4. The van der Waals surface area contributed by atoms with E-state index in [1.54, 1.807) is 13.1 Å². The van der Waals surface area contributed by atoms with Crippen LogP contribution in [0.3, 0.4) is 0 Å². The molecule has 1 rings (SSSR count). The molecule has 1 aromatic heterocycles. The van der Waals surface area contributed by atoms with Crippen molar-refractivity contribution < 1.29 is 14.7 Å². The van der Waals surface area contributed by atoms with Crippen molar-refractivity contribution in [2.24, 2.45) is 0 Å². The lowest BCUT2D eigenvalue weighted by Gasteiger charge is -2.15. The Labute approximate surface area is 97.7 Å². The van der Waals surface area contributed by atoms with E-state index in [-0.39, 0.29) is 18.9 Å². The lowest BCUT2D eigenvalue weighted by Crippen LogP contribution is -2.29. The lowest BCUT2D eigenvalue weighted by molar-refractivity contribution is -0.137. The summed E-state index contributed by atoms with van der Waals surface area (Å²) in [6.07, 6.45) is 1.28. The van der Waals surface area contributed by atoms with Gasteiger partial charge in [-0.05, 0) is 12.1 Å². The number of pyridine rings is 1. The number of amides is 1. The van der Waals surface area contributed by atoms with E-state index in [1.165, 1.54) is 17.2 Å². The minimum absolute atomic E-state index is 0.0801. The summed E-state index contributed by atoms with van der Waals surface area (Å²) in [5.41, 5.74) is 0.386. The molecule has 86 valence electrons. The Morgan fingerprint density at radius 3 is 2.69 bits per heavy atom. The number of carboxylic acids is 1. The van der Waals surface area contributed by atoms with Crippen molar-refractivity contribution in [2.75, 3.05) is 13.6 Å². The molecule has 0 saturated heterocycles. The van der Waals surface area contributed by atoms with Gasteiger partial charge in [0.1, 0.15) is 5.15 Å². The number of carbonyl (C=O) groups excluding carboxylic acids is 1. The molecular formula is C10H11ClN2O3. The molecule has 16 heavy (non-hydrogen) atoms. The van der Waals surface area contributed by atoms with E-state index in [0.717, 1.165) is 0 Å². The molecule has 0 aliphatic heterocycles. The Hall–Kier alpha value is -1.62. The fraction of sp³-hybridized carbons (Fsp3) is 0.300. The van der Waals surface area contributed by atoms with Crippen LogP contribution in [0.15, 0.2) is 18.3 Å². The van der Waals surface area contributed by atoms with Crippen LogP contribution in [-0.2, 0) is 4.79 Å². The third-order valence-electron chi connectivity index (χ3n) is 1.98. The summed E-state index contributed by atoms with van der Waals surface area (Å²) >= 11 is 5.58. The molecule has 0 bridgehead atoms. The monoisotopic (exact) mass is 242 g/mol. The zero-order chi connectivity index (χ0) is 12.1. The summed E-state index contributed by atoms with van der Waals surface area (Å²) in [7, 11) is 1.54. The van der Waals surface area contributed by atoms with Gasteiger partial charge in [0, 0.05) is 19.8 Å². The summed E-state index contributed by atoms with van der Waals surface area (Å²) in [5, 5.41) is 8.79. The number of aliphatic carboxylic acids is 1. The van der Waals surface area contributed by atoms with E-state index in [1.807, 2.05) is 0 Å². The van der Waals surface area contributed by atoms with Crippen LogP contribution in [0, 0.1) is 0 Å². The predicted octanol–water partition coefficient (Wildman–Crippen LogP) is 1.28. The standard InChI is InChI=1S/C10H11ClN2O3/c1-13(5-4-9(14)15)10(16)7-2-3-8(11)12-6-7/h2-3,6H,4-5H2,1H3,(H,14,15).